The lowest BCUT2D eigenvalue weighted by atomic mass is 10.2. The molecule has 0 spiro atoms. The van der Waals surface area contributed by atoms with E-state index in [2.05, 4.69) is 15.5 Å². The van der Waals surface area contributed by atoms with Gasteiger partial charge in [0.2, 0.25) is 17.6 Å². The maximum absolute atomic E-state index is 11.4. The molecule has 1 aromatic carbocycles. The SMILES string of the molecule is NCCCC(=O)NCc1nc(-c2cccc(Cl)c2)no1. The van der Waals surface area contributed by atoms with Crippen LogP contribution in [-0.4, -0.2) is 22.6 Å². The van der Waals surface area contributed by atoms with E-state index in [-0.39, 0.29) is 12.5 Å². The Hall–Kier alpha value is -1.92. The number of nitrogens with zero attached hydrogens (tertiary/aromatic N) is 2. The molecule has 1 amide bonds. The van der Waals surface area contributed by atoms with Crippen LogP contribution in [0.25, 0.3) is 11.4 Å². The number of carbonyl (C=O) groups excluding carboxylic acids is 1. The van der Waals surface area contributed by atoms with Crippen molar-refractivity contribution >= 4 is 17.5 Å². The van der Waals surface area contributed by atoms with Crippen molar-refractivity contribution in [2.75, 3.05) is 6.54 Å². The number of rotatable bonds is 6. The van der Waals surface area contributed by atoms with Gasteiger partial charge in [0.15, 0.2) is 0 Å². The normalized spacial score (nSPS) is 10.5. The van der Waals surface area contributed by atoms with E-state index in [1.807, 2.05) is 12.1 Å². The molecule has 0 saturated heterocycles. The molecule has 106 valence electrons. The Balaban J connectivity index is 1.94. The molecular formula is C13H15ClN4O2. The van der Waals surface area contributed by atoms with Gasteiger partial charge in [-0.2, -0.15) is 4.98 Å². The second-order valence-corrected chi connectivity index (χ2v) is 4.63. The average Bonchev–Trinajstić information content (AvgIpc) is 2.92. The number of hydrogen-bond acceptors (Lipinski definition) is 5. The Morgan fingerprint density at radius 3 is 3.05 bits per heavy atom. The summed E-state index contributed by atoms with van der Waals surface area (Å²) in [6.07, 6.45) is 1.05. The van der Waals surface area contributed by atoms with Crippen LogP contribution >= 0.6 is 11.6 Å². The molecule has 0 aliphatic carbocycles. The minimum absolute atomic E-state index is 0.0852. The first-order chi connectivity index (χ1) is 9.69. The van der Waals surface area contributed by atoms with Crippen LogP contribution in [0.1, 0.15) is 18.7 Å². The van der Waals surface area contributed by atoms with Gasteiger partial charge in [-0.1, -0.05) is 28.9 Å². The fourth-order valence-electron chi connectivity index (χ4n) is 1.60. The molecule has 3 N–H and O–H groups in total. The molecule has 0 aliphatic heterocycles. The third-order valence-electron chi connectivity index (χ3n) is 2.60. The summed E-state index contributed by atoms with van der Waals surface area (Å²) in [7, 11) is 0. The minimum atomic E-state index is -0.0852. The third-order valence-corrected chi connectivity index (χ3v) is 2.83. The molecule has 0 aliphatic rings. The molecule has 1 aromatic heterocycles. The Morgan fingerprint density at radius 2 is 2.30 bits per heavy atom. The van der Waals surface area contributed by atoms with Crippen LogP contribution in [0, 0.1) is 0 Å². The Morgan fingerprint density at radius 1 is 1.45 bits per heavy atom. The summed E-state index contributed by atoms with van der Waals surface area (Å²) in [6.45, 7) is 0.698. The van der Waals surface area contributed by atoms with Crippen molar-refractivity contribution in [3.63, 3.8) is 0 Å². The van der Waals surface area contributed by atoms with Gasteiger partial charge in [0, 0.05) is 17.0 Å². The summed E-state index contributed by atoms with van der Waals surface area (Å²) in [5.74, 6) is 0.706. The Labute approximate surface area is 121 Å². The van der Waals surface area contributed by atoms with Crippen LogP contribution in [0.15, 0.2) is 28.8 Å². The van der Waals surface area contributed by atoms with Crippen LogP contribution in [0.4, 0.5) is 0 Å². The number of aromatic nitrogens is 2. The van der Waals surface area contributed by atoms with E-state index in [9.17, 15) is 4.79 Å². The van der Waals surface area contributed by atoms with Crippen molar-refractivity contribution in [2.24, 2.45) is 5.73 Å². The van der Waals surface area contributed by atoms with Crippen molar-refractivity contribution in [1.29, 1.82) is 0 Å². The molecule has 20 heavy (non-hydrogen) atoms. The molecule has 6 nitrogen and oxygen atoms in total. The van der Waals surface area contributed by atoms with Gasteiger partial charge in [-0.15, -0.1) is 0 Å². The van der Waals surface area contributed by atoms with Crippen LogP contribution in [-0.2, 0) is 11.3 Å². The summed E-state index contributed by atoms with van der Waals surface area (Å²) in [6, 6.07) is 7.16. The number of amides is 1. The third kappa shape index (κ3) is 4.04. The zero-order valence-corrected chi connectivity index (χ0v) is 11.6. The zero-order valence-electron chi connectivity index (χ0n) is 10.8. The van der Waals surface area contributed by atoms with Gasteiger partial charge in [0.05, 0.1) is 6.54 Å². The molecule has 0 radical (unpaired) electrons. The second-order valence-electron chi connectivity index (χ2n) is 4.19. The average molecular weight is 295 g/mol. The molecule has 0 saturated carbocycles. The molecular weight excluding hydrogens is 280 g/mol. The number of nitrogens with one attached hydrogen (secondary N) is 1. The molecule has 1 heterocycles. The van der Waals surface area contributed by atoms with Gasteiger partial charge in [0.1, 0.15) is 0 Å². The molecule has 7 heteroatoms. The number of carbonyl (C=O) groups is 1. The topological polar surface area (TPSA) is 94.0 Å². The highest BCUT2D eigenvalue weighted by atomic mass is 35.5. The lowest BCUT2D eigenvalue weighted by molar-refractivity contribution is -0.121. The summed E-state index contributed by atoms with van der Waals surface area (Å²) in [4.78, 5) is 15.6. The Bertz CT molecular complexity index is 585. The molecule has 0 atom stereocenters. The van der Waals surface area contributed by atoms with Crippen LogP contribution in [0.5, 0.6) is 0 Å². The van der Waals surface area contributed by atoms with Gasteiger partial charge >= 0.3 is 0 Å². The van der Waals surface area contributed by atoms with Gasteiger partial charge < -0.3 is 15.6 Å². The predicted octanol–water partition coefficient (Wildman–Crippen LogP) is 1.75. The highest BCUT2D eigenvalue weighted by Gasteiger charge is 2.10. The van der Waals surface area contributed by atoms with E-state index in [1.165, 1.54) is 0 Å². The van der Waals surface area contributed by atoms with Crippen molar-refractivity contribution in [3.05, 3.63) is 35.2 Å². The van der Waals surface area contributed by atoms with Crippen molar-refractivity contribution in [1.82, 2.24) is 15.5 Å². The van der Waals surface area contributed by atoms with Crippen LogP contribution in [0.2, 0.25) is 5.02 Å². The monoisotopic (exact) mass is 294 g/mol. The maximum Gasteiger partial charge on any atom is 0.246 e. The van der Waals surface area contributed by atoms with Crippen LogP contribution in [0.3, 0.4) is 0 Å². The summed E-state index contributed by atoms with van der Waals surface area (Å²) < 4.78 is 5.07. The molecule has 0 bridgehead atoms. The van der Waals surface area contributed by atoms with E-state index in [0.29, 0.717) is 36.1 Å². The standard InChI is InChI=1S/C13H15ClN4O2/c14-10-4-1-3-9(7-10)13-17-12(20-18-13)8-16-11(19)5-2-6-15/h1,3-4,7H,2,5-6,8,15H2,(H,16,19). The van der Waals surface area contributed by atoms with Crippen molar-refractivity contribution in [3.8, 4) is 11.4 Å². The molecule has 2 aromatic rings. The highest BCUT2D eigenvalue weighted by Crippen LogP contribution is 2.19. The van der Waals surface area contributed by atoms with E-state index in [0.717, 1.165) is 5.56 Å². The Kier molecular flexibility index (Phi) is 5.09. The number of nitrogens with two attached hydrogens (primary N) is 1. The van der Waals surface area contributed by atoms with Crippen LogP contribution < -0.4 is 11.1 Å². The van der Waals surface area contributed by atoms with Gasteiger partial charge in [0.25, 0.3) is 0 Å². The minimum Gasteiger partial charge on any atom is -0.347 e. The quantitative estimate of drug-likeness (QED) is 0.846. The van der Waals surface area contributed by atoms with E-state index >= 15 is 0 Å². The van der Waals surface area contributed by atoms with E-state index < -0.39 is 0 Å². The zero-order chi connectivity index (χ0) is 14.4. The fraction of sp³-hybridized carbons (Fsp3) is 0.308. The first kappa shape index (κ1) is 14.5. The number of benzene rings is 1. The maximum atomic E-state index is 11.4. The summed E-state index contributed by atoms with van der Waals surface area (Å²) in [5, 5.41) is 7.15. The summed E-state index contributed by atoms with van der Waals surface area (Å²) in [5.41, 5.74) is 6.10. The van der Waals surface area contributed by atoms with E-state index in [4.69, 9.17) is 21.9 Å². The summed E-state index contributed by atoms with van der Waals surface area (Å²) >= 11 is 5.90. The van der Waals surface area contributed by atoms with Crippen molar-refractivity contribution in [2.45, 2.75) is 19.4 Å². The largest absolute Gasteiger partial charge is 0.347 e. The smallest absolute Gasteiger partial charge is 0.246 e. The van der Waals surface area contributed by atoms with Gasteiger partial charge in [-0.25, -0.2) is 0 Å². The van der Waals surface area contributed by atoms with E-state index in [1.54, 1.807) is 12.1 Å². The fourth-order valence-corrected chi connectivity index (χ4v) is 1.79. The predicted molar refractivity (Wildman–Crippen MR) is 74.9 cm³/mol. The first-order valence-corrected chi connectivity index (χ1v) is 6.62. The second kappa shape index (κ2) is 7.02. The molecule has 2 rings (SSSR count). The first-order valence-electron chi connectivity index (χ1n) is 6.24. The lowest BCUT2D eigenvalue weighted by Gasteiger charge is -2.00. The molecule has 0 fully saturated rings. The number of hydrogen-bond donors (Lipinski definition) is 2. The van der Waals surface area contributed by atoms with Gasteiger partial charge in [-0.3, -0.25) is 4.79 Å². The van der Waals surface area contributed by atoms with Gasteiger partial charge in [-0.05, 0) is 25.1 Å². The van der Waals surface area contributed by atoms with Crippen molar-refractivity contribution < 1.29 is 9.32 Å². The molecule has 0 unspecified atom stereocenters. The lowest BCUT2D eigenvalue weighted by Crippen LogP contribution is -2.23. The highest BCUT2D eigenvalue weighted by molar-refractivity contribution is 6.30. The number of halogens is 1.